The molecule has 1 heterocycles. The number of rotatable bonds is 3. The molecule has 0 saturated carbocycles. The van der Waals surface area contributed by atoms with Gasteiger partial charge >= 0.3 is 0 Å². The van der Waals surface area contributed by atoms with Gasteiger partial charge in [-0.1, -0.05) is 29.8 Å². The molecule has 1 fully saturated rings. The molecule has 1 aromatic rings. The molecule has 0 N–H and O–H groups in total. The monoisotopic (exact) mass is 252 g/mol. The second-order valence-corrected chi connectivity index (χ2v) is 7.75. The number of carbonyl (C=O) groups is 1. The maximum Gasteiger partial charge on any atom is 0.165 e. The molecule has 86 valence electrons. The predicted octanol–water partition coefficient (Wildman–Crippen LogP) is 3.76. The fraction of sp³-hybridized carbons (Fsp3) is 0.462. The summed E-state index contributed by atoms with van der Waals surface area (Å²) in [6, 6.07) is 7.88. The van der Waals surface area contributed by atoms with E-state index in [1.165, 1.54) is 17.1 Å². The zero-order valence-corrected chi connectivity index (χ0v) is 11.3. The minimum absolute atomic E-state index is 0.0992. The first kappa shape index (κ1) is 12.1. The predicted molar refractivity (Wildman–Crippen MR) is 73.4 cm³/mol. The number of benzene rings is 1. The molecule has 3 heteroatoms. The van der Waals surface area contributed by atoms with Gasteiger partial charge in [0.1, 0.15) is 0 Å². The van der Waals surface area contributed by atoms with E-state index in [9.17, 15) is 4.79 Å². The first-order chi connectivity index (χ1) is 7.59. The van der Waals surface area contributed by atoms with Crippen LogP contribution in [-0.4, -0.2) is 21.4 Å². The summed E-state index contributed by atoms with van der Waals surface area (Å²) in [5.74, 6) is 2.61. The average Bonchev–Trinajstić information content (AvgIpc) is 2.65. The first-order valence-corrected chi connectivity index (χ1v) is 7.44. The molecule has 0 radical (unpaired) electrons. The molecule has 0 unspecified atom stereocenters. The van der Waals surface area contributed by atoms with Crippen molar-refractivity contribution in [1.29, 1.82) is 0 Å². The standard InChI is InChI=1S/C13H16OS2/c1-10-3-5-11(6-4-10)12(14)9-13(2)15-7-8-16-13/h3-6H,7-9H2,1-2H3. The fourth-order valence-electron chi connectivity index (χ4n) is 1.79. The van der Waals surface area contributed by atoms with Gasteiger partial charge in [0.25, 0.3) is 0 Å². The minimum atomic E-state index is 0.0992. The SMILES string of the molecule is Cc1ccc(C(=O)CC2(C)SCCS2)cc1. The van der Waals surface area contributed by atoms with Gasteiger partial charge in [-0.2, -0.15) is 0 Å². The Morgan fingerprint density at radius 1 is 1.25 bits per heavy atom. The zero-order valence-electron chi connectivity index (χ0n) is 9.66. The number of carbonyl (C=O) groups excluding carboxylic acids is 1. The van der Waals surface area contributed by atoms with Crippen LogP contribution in [-0.2, 0) is 0 Å². The molecule has 16 heavy (non-hydrogen) atoms. The summed E-state index contributed by atoms with van der Waals surface area (Å²) in [6.07, 6.45) is 0.644. The highest BCUT2D eigenvalue weighted by Crippen LogP contribution is 2.46. The molecule has 1 nitrogen and oxygen atoms in total. The van der Waals surface area contributed by atoms with Crippen LogP contribution in [0.15, 0.2) is 24.3 Å². The first-order valence-electron chi connectivity index (χ1n) is 5.47. The van der Waals surface area contributed by atoms with E-state index in [1.54, 1.807) is 0 Å². The van der Waals surface area contributed by atoms with Crippen LogP contribution in [0, 0.1) is 6.92 Å². The van der Waals surface area contributed by atoms with Gasteiger partial charge in [0.15, 0.2) is 5.78 Å². The third-order valence-corrected chi connectivity index (χ3v) is 6.05. The minimum Gasteiger partial charge on any atom is -0.294 e. The van der Waals surface area contributed by atoms with Crippen molar-refractivity contribution in [2.75, 3.05) is 11.5 Å². The van der Waals surface area contributed by atoms with Crippen LogP contribution < -0.4 is 0 Å². The number of Topliss-reactive ketones (excluding diaryl/α,β-unsaturated/α-hetero) is 1. The molecule has 0 aromatic heterocycles. The Balaban J connectivity index is 2.05. The third-order valence-electron chi connectivity index (χ3n) is 2.75. The van der Waals surface area contributed by atoms with Crippen molar-refractivity contribution in [3.63, 3.8) is 0 Å². The summed E-state index contributed by atoms with van der Waals surface area (Å²) in [4.78, 5) is 12.1. The summed E-state index contributed by atoms with van der Waals surface area (Å²) < 4.78 is 0.0992. The Morgan fingerprint density at radius 2 is 1.81 bits per heavy atom. The molecule has 1 aromatic carbocycles. The molecule has 0 amide bonds. The molecule has 1 saturated heterocycles. The second-order valence-electron chi connectivity index (χ2n) is 4.30. The summed E-state index contributed by atoms with van der Waals surface area (Å²) in [7, 11) is 0. The molecular formula is C13H16OS2. The fourth-order valence-corrected chi connectivity index (χ4v) is 4.62. The maximum atomic E-state index is 12.1. The van der Waals surface area contributed by atoms with E-state index in [0.29, 0.717) is 6.42 Å². The van der Waals surface area contributed by atoms with Gasteiger partial charge in [0, 0.05) is 23.5 Å². The van der Waals surface area contributed by atoms with Gasteiger partial charge in [-0.15, -0.1) is 23.5 Å². The normalized spacial score (nSPS) is 18.6. The molecule has 2 rings (SSSR count). The lowest BCUT2D eigenvalue weighted by atomic mass is 10.1. The van der Waals surface area contributed by atoms with E-state index in [1.807, 2.05) is 54.7 Å². The highest BCUT2D eigenvalue weighted by molar-refractivity contribution is 8.21. The Morgan fingerprint density at radius 3 is 2.38 bits per heavy atom. The van der Waals surface area contributed by atoms with Crippen molar-refractivity contribution in [3.8, 4) is 0 Å². The number of aryl methyl sites for hydroxylation is 1. The number of hydrogen-bond acceptors (Lipinski definition) is 3. The molecule has 1 aliphatic rings. The molecule has 0 bridgehead atoms. The lowest BCUT2D eigenvalue weighted by Crippen LogP contribution is -2.17. The van der Waals surface area contributed by atoms with E-state index in [0.717, 1.165) is 5.56 Å². The van der Waals surface area contributed by atoms with E-state index >= 15 is 0 Å². The average molecular weight is 252 g/mol. The summed E-state index contributed by atoms with van der Waals surface area (Å²) in [5, 5.41) is 0. The molecule has 1 aliphatic heterocycles. The smallest absolute Gasteiger partial charge is 0.165 e. The van der Waals surface area contributed by atoms with Crippen LogP contribution in [0.1, 0.15) is 29.3 Å². The van der Waals surface area contributed by atoms with Crippen molar-refractivity contribution in [1.82, 2.24) is 0 Å². The Kier molecular flexibility index (Phi) is 3.65. The molecule has 0 aliphatic carbocycles. The molecular weight excluding hydrogens is 236 g/mol. The van der Waals surface area contributed by atoms with Gasteiger partial charge in [-0.05, 0) is 13.8 Å². The van der Waals surface area contributed by atoms with Crippen LogP contribution in [0.5, 0.6) is 0 Å². The summed E-state index contributed by atoms with van der Waals surface area (Å²) in [6.45, 7) is 4.22. The number of ketones is 1. The molecule has 0 atom stereocenters. The highest BCUT2D eigenvalue weighted by Gasteiger charge is 2.32. The Hall–Kier alpha value is -0.410. The van der Waals surface area contributed by atoms with Crippen LogP contribution in [0.25, 0.3) is 0 Å². The summed E-state index contributed by atoms with van der Waals surface area (Å²) in [5.41, 5.74) is 2.05. The topological polar surface area (TPSA) is 17.1 Å². The van der Waals surface area contributed by atoms with Gasteiger partial charge < -0.3 is 0 Å². The lowest BCUT2D eigenvalue weighted by molar-refractivity contribution is 0.0981. The Bertz CT molecular complexity index is 377. The third kappa shape index (κ3) is 2.83. The Labute approximate surface area is 105 Å². The number of hydrogen-bond donors (Lipinski definition) is 0. The number of thioether (sulfide) groups is 2. The van der Waals surface area contributed by atoms with E-state index in [2.05, 4.69) is 6.92 Å². The van der Waals surface area contributed by atoms with Crippen molar-refractivity contribution in [2.24, 2.45) is 0 Å². The lowest BCUT2D eigenvalue weighted by Gasteiger charge is -2.20. The quantitative estimate of drug-likeness (QED) is 0.762. The van der Waals surface area contributed by atoms with Crippen LogP contribution >= 0.6 is 23.5 Å². The van der Waals surface area contributed by atoms with Gasteiger partial charge in [0.05, 0.1) is 4.08 Å². The van der Waals surface area contributed by atoms with Gasteiger partial charge in [-0.25, -0.2) is 0 Å². The van der Waals surface area contributed by atoms with Crippen molar-refractivity contribution in [3.05, 3.63) is 35.4 Å². The highest BCUT2D eigenvalue weighted by atomic mass is 32.2. The summed E-state index contributed by atoms with van der Waals surface area (Å²) >= 11 is 3.83. The second kappa shape index (κ2) is 4.84. The largest absolute Gasteiger partial charge is 0.294 e. The van der Waals surface area contributed by atoms with Gasteiger partial charge in [-0.3, -0.25) is 4.79 Å². The van der Waals surface area contributed by atoms with E-state index < -0.39 is 0 Å². The van der Waals surface area contributed by atoms with Crippen molar-refractivity contribution >= 4 is 29.3 Å². The molecule has 0 spiro atoms. The van der Waals surface area contributed by atoms with Crippen molar-refractivity contribution < 1.29 is 4.79 Å². The van der Waals surface area contributed by atoms with E-state index in [-0.39, 0.29) is 9.86 Å². The maximum absolute atomic E-state index is 12.1. The van der Waals surface area contributed by atoms with Gasteiger partial charge in [0.2, 0.25) is 0 Å². The van der Waals surface area contributed by atoms with Crippen LogP contribution in [0.2, 0.25) is 0 Å². The van der Waals surface area contributed by atoms with E-state index in [4.69, 9.17) is 0 Å². The van der Waals surface area contributed by atoms with Crippen LogP contribution in [0.3, 0.4) is 0 Å². The van der Waals surface area contributed by atoms with Crippen molar-refractivity contribution in [2.45, 2.75) is 24.3 Å². The van der Waals surface area contributed by atoms with Crippen LogP contribution in [0.4, 0.5) is 0 Å². The zero-order chi connectivity index (χ0) is 11.6.